The summed E-state index contributed by atoms with van der Waals surface area (Å²) in [6.45, 7) is 0.481. The van der Waals surface area contributed by atoms with Gasteiger partial charge in [0.05, 0.1) is 25.3 Å². The summed E-state index contributed by atoms with van der Waals surface area (Å²) in [6, 6.07) is 15.6. The minimum Gasteiger partial charge on any atom is -0.493 e. The highest BCUT2D eigenvalue weighted by molar-refractivity contribution is 6.06. The fraction of sp³-hybridized carbons (Fsp3) is 0.304. The summed E-state index contributed by atoms with van der Waals surface area (Å²) in [4.78, 5) is 19.8. The minimum atomic E-state index is -0.00437. The third-order valence-electron chi connectivity index (χ3n) is 5.18. The van der Waals surface area contributed by atoms with Gasteiger partial charge < -0.3 is 14.4 Å². The van der Waals surface area contributed by atoms with E-state index in [2.05, 4.69) is 0 Å². The molecule has 5 nitrogen and oxygen atoms in total. The van der Waals surface area contributed by atoms with Gasteiger partial charge >= 0.3 is 0 Å². The first-order chi connectivity index (χ1) is 13.6. The molecule has 0 saturated heterocycles. The summed E-state index contributed by atoms with van der Waals surface area (Å²) in [5.41, 5.74) is 3.61. The summed E-state index contributed by atoms with van der Waals surface area (Å²) < 4.78 is 10.7. The lowest BCUT2D eigenvalue weighted by Crippen LogP contribution is -2.26. The number of fused-ring (bicyclic) bond motifs is 1. The fourth-order valence-corrected chi connectivity index (χ4v) is 3.49. The molecule has 0 spiro atoms. The van der Waals surface area contributed by atoms with Crippen molar-refractivity contribution in [2.24, 2.45) is 0 Å². The number of rotatable bonds is 6. The lowest BCUT2D eigenvalue weighted by Gasteiger charge is -2.20. The highest BCUT2D eigenvalue weighted by atomic mass is 16.5. The molecule has 0 unspecified atom stereocenters. The smallest absolute Gasteiger partial charge is 0.254 e. The van der Waals surface area contributed by atoms with Crippen molar-refractivity contribution in [1.82, 2.24) is 9.88 Å². The van der Waals surface area contributed by atoms with Gasteiger partial charge in [-0.05, 0) is 42.7 Å². The second-order valence-corrected chi connectivity index (χ2v) is 7.24. The Hall–Kier alpha value is -3.08. The molecule has 1 aromatic heterocycles. The number of carbonyl (C=O) groups excluding carboxylic acids is 1. The maximum absolute atomic E-state index is 13.3. The van der Waals surface area contributed by atoms with E-state index in [4.69, 9.17) is 14.5 Å². The number of amides is 1. The number of ether oxygens (including phenoxy) is 2. The third-order valence-corrected chi connectivity index (χ3v) is 5.18. The van der Waals surface area contributed by atoms with Crippen molar-refractivity contribution < 1.29 is 14.3 Å². The highest BCUT2D eigenvalue weighted by Gasteiger charge is 2.27. The standard InChI is InChI=1S/C23H24N2O3/c1-25(14-15-8-11-21(27-2)22(12-15)28-3)23(26)18-13-20(16-9-10-16)24-19-7-5-4-6-17(18)19/h4-8,11-13,16H,9-10,14H2,1-3H3. The van der Waals surface area contributed by atoms with Crippen LogP contribution in [0.5, 0.6) is 11.5 Å². The number of aromatic nitrogens is 1. The van der Waals surface area contributed by atoms with Crippen LogP contribution in [0, 0.1) is 0 Å². The van der Waals surface area contributed by atoms with Gasteiger partial charge in [0, 0.05) is 30.6 Å². The monoisotopic (exact) mass is 376 g/mol. The molecule has 4 rings (SSSR count). The normalized spacial score (nSPS) is 13.4. The third kappa shape index (κ3) is 3.52. The van der Waals surface area contributed by atoms with Crippen molar-refractivity contribution in [3.05, 3.63) is 65.4 Å². The Balaban J connectivity index is 1.64. The van der Waals surface area contributed by atoms with Gasteiger partial charge in [-0.25, -0.2) is 0 Å². The Kier molecular flexibility index (Phi) is 4.90. The lowest BCUT2D eigenvalue weighted by molar-refractivity contribution is 0.0786. The largest absolute Gasteiger partial charge is 0.493 e. The molecule has 1 saturated carbocycles. The van der Waals surface area contributed by atoms with Gasteiger partial charge in [0.1, 0.15) is 0 Å². The number of carbonyl (C=O) groups is 1. The predicted octanol–water partition coefficient (Wildman–Crippen LogP) is 4.40. The SMILES string of the molecule is COc1ccc(CN(C)C(=O)c2cc(C3CC3)nc3ccccc23)cc1OC. The number of hydrogen-bond acceptors (Lipinski definition) is 4. The lowest BCUT2D eigenvalue weighted by atomic mass is 10.0. The van der Waals surface area contributed by atoms with Crippen LogP contribution >= 0.6 is 0 Å². The van der Waals surface area contributed by atoms with E-state index in [1.807, 2.05) is 55.6 Å². The summed E-state index contributed by atoms with van der Waals surface area (Å²) in [5.74, 6) is 1.82. The van der Waals surface area contributed by atoms with Crippen molar-refractivity contribution >= 4 is 16.8 Å². The van der Waals surface area contributed by atoms with E-state index in [9.17, 15) is 4.79 Å². The van der Waals surface area contributed by atoms with E-state index in [0.29, 0.717) is 24.0 Å². The van der Waals surface area contributed by atoms with Gasteiger partial charge in [0.15, 0.2) is 11.5 Å². The molecule has 1 fully saturated rings. The number of benzene rings is 2. The maximum atomic E-state index is 13.3. The first kappa shape index (κ1) is 18.3. The quantitative estimate of drug-likeness (QED) is 0.640. The van der Waals surface area contributed by atoms with Crippen molar-refractivity contribution in [2.75, 3.05) is 21.3 Å². The summed E-state index contributed by atoms with van der Waals surface area (Å²) in [5, 5.41) is 0.899. The second kappa shape index (κ2) is 7.50. The van der Waals surface area contributed by atoms with E-state index in [1.165, 1.54) is 0 Å². The van der Waals surface area contributed by atoms with Crippen molar-refractivity contribution in [1.29, 1.82) is 0 Å². The number of para-hydroxylation sites is 1. The summed E-state index contributed by atoms with van der Waals surface area (Å²) in [6.07, 6.45) is 2.31. The van der Waals surface area contributed by atoms with Crippen LogP contribution in [0.2, 0.25) is 0 Å². The van der Waals surface area contributed by atoms with E-state index < -0.39 is 0 Å². The van der Waals surface area contributed by atoms with Crippen LogP contribution in [-0.4, -0.2) is 37.1 Å². The molecule has 1 heterocycles. The van der Waals surface area contributed by atoms with Gasteiger partial charge in [-0.15, -0.1) is 0 Å². The molecular weight excluding hydrogens is 352 g/mol. The van der Waals surface area contributed by atoms with Gasteiger partial charge in [0.25, 0.3) is 5.91 Å². The average Bonchev–Trinajstić information content (AvgIpc) is 3.57. The topological polar surface area (TPSA) is 51.7 Å². The number of methoxy groups -OCH3 is 2. The van der Waals surface area contributed by atoms with E-state index in [-0.39, 0.29) is 5.91 Å². The molecule has 0 atom stereocenters. The predicted molar refractivity (Wildman–Crippen MR) is 109 cm³/mol. The number of pyridine rings is 1. The Bertz CT molecular complexity index is 1030. The fourth-order valence-electron chi connectivity index (χ4n) is 3.49. The maximum Gasteiger partial charge on any atom is 0.254 e. The van der Waals surface area contributed by atoms with Crippen LogP contribution < -0.4 is 9.47 Å². The van der Waals surface area contributed by atoms with Crippen molar-refractivity contribution in [3.8, 4) is 11.5 Å². The molecule has 5 heteroatoms. The van der Waals surface area contributed by atoms with Crippen LogP contribution in [0.4, 0.5) is 0 Å². The summed E-state index contributed by atoms with van der Waals surface area (Å²) >= 11 is 0. The molecule has 3 aromatic rings. The van der Waals surface area contributed by atoms with Crippen molar-refractivity contribution in [3.63, 3.8) is 0 Å². The molecule has 1 aliphatic rings. The average molecular weight is 376 g/mol. The number of nitrogens with zero attached hydrogens (tertiary/aromatic N) is 2. The minimum absolute atomic E-state index is 0.00437. The molecular formula is C23H24N2O3. The van der Waals surface area contributed by atoms with Gasteiger partial charge in [-0.3, -0.25) is 9.78 Å². The van der Waals surface area contributed by atoms with Crippen LogP contribution in [0.15, 0.2) is 48.5 Å². The number of hydrogen-bond donors (Lipinski definition) is 0. The highest BCUT2D eigenvalue weighted by Crippen LogP contribution is 2.40. The molecule has 0 N–H and O–H groups in total. The molecule has 2 aromatic carbocycles. The van der Waals surface area contributed by atoms with Crippen molar-refractivity contribution in [2.45, 2.75) is 25.3 Å². The van der Waals surface area contributed by atoms with Crippen LogP contribution in [0.1, 0.15) is 40.4 Å². The Labute approximate surface area is 164 Å². The zero-order valence-electron chi connectivity index (χ0n) is 16.4. The first-order valence-corrected chi connectivity index (χ1v) is 9.46. The molecule has 1 aliphatic carbocycles. The van der Waals surface area contributed by atoms with E-state index >= 15 is 0 Å². The van der Waals surface area contributed by atoms with Crippen LogP contribution in [0.3, 0.4) is 0 Å². The van der Waals surface area contributed by atoms with Crippen LogP contribution in [-0.2, 0) is 6.54 Å². The molecule has 0 radical (unpaired) electrons. The molecule has 28 heavy (non-hydrogen) atoms. The zero-order valence-corrected chi connectivity index (χ0v) is 16.4. The zero-order chi connectivity index (χ0) is 19.7. The van der Waals surface area contributed by atoms with Gasteiger partial charge in [0.2, 0.25) is 0 Å². The Morgan fingerprint density at radius 1 is 1.07 bits per heavy atom. The Morgan fingerprint density at radius 3 is 2.54 bits per heavy atom. The van der Waals surface area contributed by atoms with Crippen LogP contribution in [0.25, 0.3) is 10.9 Å². The second-order valence-electron chi connectivity index (χ2n) is 7.24. The molecule has 0 aliphatic heterocycles. The first-order valence-electron chi connectivity index (χ1n) is 9.46. The van der Waals surface area contributed by atoms with E-state index in [1.54, 1.807) is 19.1 Å². The molecule has 144 valence electrons. The molecule has 0 bridgehead atoms. The van der Waals surface area contributed by atoms with E-state index in [0.717, 1.165) is 40.6 Å². The van der Waals surface area contributed by atoms with Gasteiger partial charge in [-0.1, -0.05) is 24.3 Å². The molecule has 1 amide bonds. The Morgan fingerprint density at radius 2 is 1.82 bits per heavy atom. The summed E-state index contributed by atoms with van der Waals surface area (Å²) in [7, 11) is 5.04. The van der Waals surface area contributed by atoms with Gasteiger partial charge in [-0.2, -0.15) is 0 Å².